The Morgan fingerprint density at radius 1 is 1.03 bits per heavy atom. The van der Waals surface area contributed by atoms with E-state index in [9.17, 15) is 14.4 Å². The topological polar surface area (TPSA) is 108 Å². The summed E-state index contributed by atoms with van der Waals surface area (Å²) in [7, 11) is 0. The van der Waals surface area contributed by atoms with Gasteiger partial charge < -0.3 is 14.5 Å². The number of benzene rings is 1. The molecule has 0 unspecified atom stereocenters. The number of hydrogen-bond acceptors (Lipinski definition) is 6. The molecule has 0 aliphatic rings. The molecule has 0 saturated heterocycles. The number of rotatable bonds is 9. The SMILES string of the molecule is CCCn1c(=O)c2[nH]c(-c3ccc(OCOC(=O)CC)cc3)nc2n(CCC)c1=O. The monoisotopic (exact) mass is 414 g/mol. The Kier molecular flexibility index (Phi) is 6.71. The Bertz CT molecular complexity index is 1140. The second-order valence-electron chi connectivity index (χ2n) is 6.83. The van der Waals surface area contributed by atoms with Crippen LogP contribution in [0.2, 0.25) is 0 Å². The molecule has 0 spiro atoms. The lowest BCUT2D eigenvalue weighted by molar-refractivity contribution is -0.149. The molecule has 0 atom stereocenters. The van der Waals surface area contributed by atoms with Gasteiger partial charge in [0.05, 0.1) is 0 Å². The first kappa shape index (κ1) is 21.4. The van der Waals surface area contributed by atoms with Crippen LogP contribution in [0.1, 0.15) is 40.0 Å². The Balaban J connectivity index is 1.94. The van der Waals surface area contributed by atoms with Crippen molar-refractivity contribution in [1.82, 2.24) is 19.1 Å². The van der Waals surface area contributed by atoms with Gasteiger partial charge in [-0.15, -0.1) is 0 Å². The maximum Gasteiger partial charge on any atom is 0.332 e. The predicted molar refractivity (Wildman–Crippen MR) is 113 cm³/mol. The molecule has 30 heavy (non-hydrogen) atoms. The summed E-state index contributed by atoms with van der Waals surface area (Å²) in [4.78, 5) is 44.3. The van der Waals surface area contributed by atoms with E-state index in [1.54, 1.807) is 35.8 Å². The number of nitrogens with one attached hydrogen (secondary N) is 1. The van der Waals surface area contributed by atoms with Crippen LogP contribution in [0.5, 0.6) is 5.75 Å². The molecular formula is C21H26N4O5. The van der Waals surface area contributed by atoms with Gasteiger partial charge in [-0.25, -0.2) is 9.78 Å². The number of hydrogen-bond donors (Lipinski definition) is 1. The van der Waals surface area contributed by atoms with Crippen LogP contribution in [0, 0.1) is 0 Å². The maximum atomic E-state index is 12.8. The summed E-state index contributed by atoms with van der Waals surface area (Å²) < 4.78 is 13.1. The summed E-state index contributed by atoms with van der Waals surface area (Å²) in [5.41, 5.74) is 0.723. The lowest BCUT2D eigenvalue weighted by Crippen LogP contribution is -2.40. The summed E-state index contributed by atoms with van der Waals surface area (Å²) in [6, 6.07) is 7.00. The minimum atomic E-state index is -0.361. The molecule has 0 fully saturated rings. The Labute approximate surface area is 173 Å². The number of aromatic amines is 1. The fourth-order valence-electron chi connectivity index (χ4n) is 3.12. The van der Waals surface area contributed by atoms with Crippen molar-refractivity contribution < 1.29 is 14.3 Å². The van der Waals surface area contributed by atoms with Crippen LogP contribution >= 0.6 is 0 Å². The van der Waals surface area contributed by atoms with Crippen LogP contribution in [0.4, 0.5) is 0 Å². The number of nitrogens with zero attached hydrogens (tertiary/aromatic N) is 3. The minimum absolute atomic E-state index is 0.156. The van der Waals surface area contributed by atoms with Gasteiger partial charge in [0.2, 0.25) is 6.79 Å². The molecule has 2 heterocycles. The third kappa shape index (κ3) is 4.29. The van der Waals surface area contributed by atoms with Crippen molar-refractivity contribution in [2.75, 3.05) is 6.79 Å². The molecule has 9 heteroatoms. The lowest BCUT2D eigenvalue weighted by atomic mass is 10.2. The van der Waals surface area contributed by atoms with Gasteiger partial charge in [0.1, 0.15) is 17.1 Å². The summed E-state index contributed by atoms with van der Waals surface area (Å²) in [5, 5.41) is 0. The lowest BCUT2D eigenvalue weighted by Gasteiger charge is -2.09. The standard InChI is InChI=1S/C21H26N4O5/c1-4-11-24-19-17(20(27)25(12-5-2)21(24)28)22-18(23-19)14-7-9-15(10-8-14)29-13-30-16(26)6-3/h7-10H,4-6,11-13H2,1-3H3,(H,22,23). The number of H-pyrrole nitrogens is 1. The zero-order chi connectivity index (χ0) is 21.7. The highest BCUT2D eigenvalue weighted by atomic mass is 16.7. The van der Waals surface area contributed by atoms with E-state index in [4.69, 9.17) is 9.47 Å². The summed E-state index contributed by atoms with van der Waals surface area (Å²) >= 11 is 0. The van der Waals surface area contributed by atoms with Gasteiger partial charge >= 0.3 is 11.7 Å². The van der Waals surface area contributed by atoms with Crippen molar-refractivity contribution in [3.63, 3.8) is 0 Å². The fraction of sp³-hybridized carbons (Fsp3) is 0.429. The van der Waals surface area contributed by atoms with Gasteiger partial charge in [-0.2, -0.15) is 0 Å². The zero-order valence-electron chi connectivity index (χ0n) is 17.4. The molecule has 0 amide bonds. The Hall–Kier alpha value is -3.36. The Morgan fingerprint density at radius 2 is 1.70 bits per heavy atom. The second-order valence-corrected chi connectivity index (χ2v) is 6.83. The van der Waals surface area contributed by atoms with Crippen molar-refractivity contribution in [1.29, 1.82) is 0 Å². The maximum absolute atomic E-state index is 12.8. The molecule has 0 saturated carbocycles. The average Bonchev–Trinajstić information content (AvgIpc) is 3.20. The van der Waals surface area contributed by atoms with E-state index in [0.29, 0.717) is 42.2 Å². The van der Waals surface area contributed by atoms with Crippen LogP contribution in [0.3, 0.4) is 0 Å². The number of fused-ring (bicyclic) bond motifs is 1. The third-order valence-electron chi connectivity index (χ3n) is 4.62. The smallest absolute Gasteiger partial charge is 0.332 e. The van der Waals surface area contributed by atoms with E-state index in [1.165, 1.54) is 4.57 Å². The van der Waals surface area contributed by atoms with Gasteiger partial charge in [-0.05, 0) is 37.1 Å². The average molecular weight is 414 g/mol. The molecule has 160 valence electrons. The predicted octanol–water partition coefficient (Wildman–Crippen LogP) is 2.66. The zero-order valence-corrected chi connectivity index (χ0v) is 17.4. The summed E-state index contributed by atoms with van der Waals surface area (Å²) in [6.45, 7) is 6.29. The normalized spacial score (nSPS) is 11.0. The van der Waals surface area contributed by atoms with Gasteiger partial charge in [-0.1, -0.05) is 20.8 Å². The van der Waals surface area contributed by atoms with Crippen LogP contribution in [-0.2, 0) is 22.6 Å². The summed E-state index contributed by atoms with van der Waals surface area (Å²) in [5.74, 6) is 0.692. The van der Waals surface area contributed by atoms with Crippen molar-refractivity contribution in [2.24, 2.45) is 0 Å². The molecular weight excluding hydrogens is 388 g/mol. The molecule has 3 rings (SSSR count). The van der Waals surface area contributed by atoms with Crippen molar-refractivity contribution >= 4 is 17.1 Å². The Morgan fingerprint density at radius 3 is 2.33 bits per heavy atom. The first-order valence-electron chi connectivity index (χ1n) is 10.1. The highest BCUT2D eigenvalue weighted by Gasteiger charge is 2.17. The molecule has 0 radical (unpaired) electrons. The number of esters is 1. The highest BCUT2D eigenvalue weighted by Crippen LogP contribution is 2.21. The number of aromatic nitrogens is 4. The summed E-state index contributed by atoms with van der Waals surface area (Å²) in [6.07, 6.45) is 1.72. The van der Waals surface area contributed by atoms with Crippen molar-refractivity contribution in [2.45, 2.75) is 53.1 Å². The molecule has 2 aromatic heterocycles. The number of aryl methyl sites for hydroxylation is 1. The van der Waals surface area contributed by atoms with E-state index < -0.39 is 0 Å². The van der Waals surface area contributed by atoms with E-state index in [-0.39, 0.29) is 30.4 Å². The van der Waals surface area contributed by atoms with E-state index >= 15 is 0 Å². The van der Waals surface area contributed by atoms with Gasteiger partial charge in [0.15, 0.2) is 5.65 Å². The molecule has 0 aliphatic carbocycles. The number of imidazole rings is 1. The number of ether oxygens (including phenoxy) is 2. The quantitative estimate of drug-likeness (QED) is 0.426. The van der Waals surface area contributed by atoms with E-state index in [1.807, 2.05) is 13.8 Å². The highest BCUT2D eigenvalue weighted by molar-refractivity contribution is 5.75. The fourth-order valence-corrected chi connectivity index (χ4v) is 3.12. The first-order valence-corrected chi connectivity index (χ1v) is 10.1. The number of carbonyl (C=O) groups is 1. The first-order chi connectivity index (χ1) is 14.5. The van der Waals surface area contributed by atoms with E-state index in [2.05, 4.69) is 9.97 Å². The third-order valence-corrected chi connectivity index (χ3v) is 4.62. The second kappa shape index (κ2) is 9.43. The van der Waals surface area contributed by atoms with Crippen molar-refractivity contribution in [3.8, 4) is 17.1 Å². The van der Waals surface area contributed by atoms with Gasteiger partial charge in [0.25, 0.3) is 5.56 Å². The van der Waals surface area contributed by atoms with Crippen molar-refractivity contribution in [3.05, 3.63) is 45.1 Å². The molecule has 1 aromatic carbocycles. The molecule has 9 nitrogen and oxygen atoms in total. The van der Waals surface area contributed by atoms with Crippen LogP contribution in [0.25, 0.3) is 22.6 Å². The molecule has 3 aromatic rings. The van der Waals surface area contributed by atoms with Crippen LogP contribution in [-0.4, -0.2) is 31.9 Å². The van der Waals surface area contributed by atoms with Gasteiger partial charge in [0, 0.05) is 25.1 Å². The number of carbonyl (C=O) groups excluding carboxylic acids is 1. The van der Waals surface area contributed by atoms with Crippen LogP contribution in [0.15, 0.2) is 33.9 Å². The minimum Gasteiger partial charge on any atom is -0.457 e. The van der Waals surface area contributed by atoms with E-state index in [0.717, 1.165) is 12.0 Å². The largest absolute Gasteiger partial charge is 0.457 e. The van der Waals surface area contributed by atoms with Gasteiger partial charge in [-0.3, -0.25) is 18.7 Å². The van der Waals surface area contributed by atoms with Crippen LogP contribution < -0.4 is 16.0 Å². The molecule has 0 bridgehead atoms. The molecule has 0 aliphatic heterocycles. The molecule has 1 N–H and O–H groups in total.